The van der Waals surface area contributed by atoms with Crippen LogP contribution in [0.2, 0.25) is 0 Å². The Bertz CT molecular complexity index is 129. The topological polar surface area (TPSA) is 0 Å². The lowest BCUT2D eigenvalue weighted by molar-refractivity contribution is -0.904. The Morgan fingerprint density at radius 1 is 1.18 bits per heavy atom. The highest BCUT2D eigenvalue weighted by Gasteiger charge is 2.39. The van der Waals surface area contributed by atoms with Gasteiger partial charge in [-0.05, 0) is 12.8 Å². The van der Waals surface area contributed by atoms with Crippen LogP contribution in [0.4, 0.5) is 0 Å². The van der Waals surface area contributed by atoms with Gasteiger partial charge in [-0.2, -0.15) is 0 Å². The standard InChI is InChI=1S/C10H22N/c1-5-9-7-8-11(3,4)10(9)6-2/h9-10H,5-8H2,1-4H3/q+1. The van der Waals surface area contributed by atoms with Crippen molar-refractivity contribution in [3.63, 3.8) is 0 Å². The second-order valence-electron chi connectivity index (χ2n) is 4.43. The average molecular weight is 156 g/mol. The molecule has 0 aromatic heterocycles. The molecule has 1 aliphatic rings. The Kier molecular flexibility index (Phi) is 2.58. The third-order valence-corrected chi connectivity index (χ3v) is 3.46. The van der Waals surface area contributed by atoms with Gasteiger partial charge < -0.3 is 4.48 Å². The predicted octanol–water partition coefficient (Wildman–Crippen LogP) is 2.27. The molecule has 0 aromatic rings. The fraction of sp³-hybridized carbons (Fsp3) is 1.00. The largest absolute Gasteiger partial charge is 0.326 e. The van der Waals surface area contributed by atoms with Gasteiger partial charge in [0.1, 0.15) is 0 Å². The van der Waals surface area contributed by atoms with E-state index in [1.807, 2.05) is 0 Å². The highest BCUT2D eigenvalue weighted by Crippen LogP contribution is 2.32. The van der Waals surface area contributed by atoms with Gasteiger partial charge in [-0.1, -0.05) is 13.8 Å². The van der Waals surface area contributed by atoms with E-state index in [0.29, 0.717) is 0 Å². The first kappa shape index (κ1) is 9.05. The summed E-state index contributed by atoms with van der Waals surface area (Å²) in [4.78, 5) is 0. The van der Waals surface area contributed by atoms with E-state index in [0.717, 1.165) is 12.0 Å². The summed E-state index contributed by atoms with van der Waals surface area (Å²) in [5.41, 5.74) is 0. The minimum atomic E-state index is 0.931. The quantitative estimate of drug-likeness (QED) is 0.538. The average Bonchev–Trinajstić information content (AvgIpc) is 2.24. The van der Waals surface area contributed by atoms with Crippen molar-refractivity contribution in [1.82, 2.24) is 0 Å². The molecule has 0 amide bonds. The highest BCUT2D eigenvalue weighted by atomic mass is 15.4. The molecule has 2 atom stereocenters. The molecule has 1 heteroatoms. The number of likely N-dealkylation sites (tertiary alicyclic amines) is 1. The molecule has 1 heterocycles. The van der Waals surface area contributed by atoms with Gasteiger partial charge in [-0.25, -0.2) is 0 Å². The second kappa shape index (κ2) is 3.14. The van der Waals surface area contributed by atoms with Gasteiger partial charge in [0.15, 0.2) is 0 Å². The molecule has 0 spiro atoms. The zero-order valence-electron chi connectivity index (χ0n) is 8.43. The molecule has 66 valence electrons. The van der Waals surface area contributed by atoms with Gasteiger partial charge in [0.05, 0.1) is 26.7 Å². The SMILES string of the molecule is CCC1CC[N+](C)(C)C1CC. The Labute approximate surface area is 71.0 Å². The van der Waals surface area contributed by atoms with Crippen molar-refractivity contribution in [2.45, 2.75) is 39.2 Å². The number of hydrogen-bond acceptors (Lipinski definition) is 0. The van der Waals surface area contributed by atoms with Crippen molar-refractivity contribution in [1.29, 1.82) is 0 Å². The Morgan fingerprint density at radius 3 is 2.18 bits per heavy atom. The van der Waals surface area contributed by atoms with Crippen LogP contribution in [0.15, 0.2) is 0 Å². The molecule has 0 bridgehead atoms. The molecule has 2 unspecified atom stereocenters. The first-order valence-corrected chi connectivity index (χ1v) is 4.94. The Hall–Kier alpha value is -0.0400. The van der Waals surface area contributed by atoms with E-state index in [9.17, 15) is 0 Å². The number of hydrogen-bond donors (Lipinski definition) is 0. The van der Waals surface area contributed by atoms with Crippen LogP contribution in [-0.2, 0) is 0 Å². The number of nitrogens with zero attached hydrogens (tertiary/aromatic N) is 1. The molecule has 0 radical (unpaired) electrons. The van der Waals surface area contributed by atoms with E-state index in [2.05, 4.69) is 27.9 Å². The smallest absolute Gasteiger partial charge is 0.0914 e. The summed E-state index contributed by atoms with van der Waals surface area (Å²) in [5, 5.41) is 0. The predicted molar refractivity (Wildman–Crippen MR) is 49.5 cm³/mol. The summed E-state index contributed by atoms with van der Waals surface area (Å²) < 4.78 is 1.26. The first-order chi connectivity index (χ1) is 5.11. The second-order valence-corrected chi connectivity index (χ2v) is 4.43. The summed E-state index contributed by atoms with van der Waals surface area (Å²) in [6.45, 7) is 6.05. The molecule has 11 heavy (non-hydrogen) atoms. The first-order valence-electron chi connectivity index (χ1n) is 4.94. The molecule has 0 aliphatic carbocycles. The fourth-order valence-electron chi connectivity index (χ4n) is 2.73. The lowest BCUT2D eigenvalue weighted by atomic mass is 9.95. The van der Waals surface area contributed by atoms with Crippen LogP contribution in [0.3, 0.4) is 0 Å². The maximum Gasteiger partial charge on any atom is 0.0914 e. The molecule has 0 saturated carbocycles. The summed E-state index contributed by atoms with van der Waals surface area (Å²) in [7, 11) is 4.76. The molecule has 0 aromatic carbocycles. The van der Waals surface area contributed by atoms with Crippen molar-refractivity contribution in [2.75, 3.05) is 20.6 Å². The zero-order valence-corrected chi connectivity index (χ0v) is 8.43. The van der Waals surface area contributed by atoms with Crippen LogP contribution in [0.5, 0.6) is 0 Å². The van der Waals surface area contributed by atoms with E-state index in [-0.39, 0.29) is 0 Å². The zero-order chi connectivity index (χ0) is 8.48. The summed E-state index contributed by atoms with van der Waals surface area (Å²) in [6, 6.07) is 0.931. The van der Waals surface area contributed by atoms with Crippen molar-refractivity contribution in [3.8, 4) is 0 Å². The minimum absolute atomic E-state index is 0.931. The van der Waals surface area contributed by atoms with Crippen LogP contribution in [0, 0.1) is 5.92 Å². The molecule has 1 nitrogen and oxygen atoms in total. The lowest BCUT2D eigenvalue weighted by Crippen LogP contribution is -2.45. The highest BCUT2D eigenvalue weighted by molar-refractivity contribution is 4.74. The van der Waals surface area contributed by atoms with E-state index in [4.69, 9.17) is 0 Å². The van der Waals surface area contributed by atoms with Gasteiger partial charge in [0.2, 0.25) is 0 Å². The van der Waals surface area contributed by atoms with Crippen molar-refractivity contribution < 1.29 is 4.48 Å². The van der Waals surface area contributed by atoms with Gasteiger partial charge in [-0.3, -0.25) is 0 Å². The molecule has 1 saturated heterocycles. The van der Waals surface area contributed by atoms with Gasteiger partial charge in [-0.15, -0.1) is 0 Å². The Balaban J connectivity index is 2.63. The monoisotopic (exact) mass is 156 g/mol. The van der Waals surface area contributed by atoms with E-state index >= 15 is 0 Å². The van der Waals surface area contributed by atoms with Gasteiger partial charge in [0, 0.05) is 12.3 Å². The normalized spacial score (nSPS) is 36.0. The lowest BCUT2D eigenvalue weighted by Gasteiger charge is -2.33. The Morgan fingerprint density at radius 2 is 1.82 bits per heavy atom. The van der Waals surface area contributed by atoms with Crippen LogP contribution >= 0.6 is 0 Å². The number of rotatable bonds is 2. The molecule has 1 rings (SSSR count). The van der Waals surface area contributed by atoms with E-state index < -0.39 is 0 Å². The third kappa shape index (κ3) is 1.58. The van der Waals surface area contributed by atoms with Crippen LogP contribution in [0.25, 0.3) is 0 Å². The summed E-state index contributed by atoms with van der Waals surface area (Å²) >= 11 is 0. The van der Waals surface area contributed by atoms with Crippen LogP contribution < -0.4 is 0 Å². The maximum absolute atomic E-state index is 2.38. The van der Waals surface area contributed by atoms with E-state index in [1.165, 1.54) is 30.3 Å². The summed E-state index contributed by atoms with van der Waals surface area (Å²) in [5.74, 6) is 0.995. The summed E-state index contributed by atoms with van der Waals surface area (Å²) in [6.07, 6.45) is 4.17. The molecule has 0 N–H and O–H groups in total. The van der Waals surface area contributed by atoms with Crippen LogP contribution in [-0.4, -0.2) is 31.2 Å². The molecular weight excluding hydrogens is 134 g/mol. The van der Waals surface area contributed by atoms with Crippen LogP contribution in [0.1, 0.15) is 33.1 Å². The molecular formula is C10H22N+. The van der Waals surface area contributed by atoms with Gasteiger partial charge in [0.25, 0.3) is 0 Å². The van der Waals surface area contributed by atoms with Crippen molar-refractivity contribution in [2.24, 2.45) is 5.92 Å². The third-order valence-electron chi connectivity index (χ3n) is 3.46. The maximum atomic E-state index is 2.38. The van der Waals surface area contributed by atoms with E-state index in [1.54, 1.807) is 0 Å². The molecule has 1 fully saturated rings. The van der Waals surface area contributed by atoms with Gasteiger partial charge >= 0.3 is 0 Å². The molecule has 1 aliphatic heterocycles. The van der Waals surface area contributed by atoms with Crippen molar-refractivity contribution in [3.05, 3.63) is 0 Å². The number of quaternary nitrogens is 1. The van der Waals surface area contributed by atoms with Crippen molar-refractivity contribution >= 4 is 0 Å². The fourth-order valence-corrected chi connectivity index (χ4v) is 2.73. The minimum Gasteiger partial charge on any atom is -0.326 e.